The molecule has 1 aliphatic rings. The number of thiazole rings is 1. The maximum Gasteiger partial charge on any atom is 0.351 e. The Hall–Kier alpha value is -2.47. The van der Waals surface area contributed by atoms with E-state index >= 15 is 0 Å². The largest absolute Gasteiger partial charge is 0.477 e. The van der Waals surface area contributed by atoms with Gasteiger partial charge < -0.3 is 26.3 Å². The summed E-state index contributed by atoms with van der Waals surface area (Å²) in [4.78, 5) is 31.8. The minimum atomic E-state index is -1.36. The predicted octanol–water partition coefficient (Wildman–Crippen LogP) is -1.16. The fourth-order valence-corrected chi connectivity index (χ4v) is 3.47. The quantitative estimate of drug-likeness (QED) is 0.359. The number of nitrogens with one attached hydrogen (secondary N) is 2. The zero-order chi connectivity index (χ0) is 17.7. The third-order valence-electron chi connectivity index (χ3n) is 2.93. The molecule has 10 nitrogen and oxygen atoms in total. The van der Waals surface area contributed by atoms with Crippen LogP contribution in [0.4, 0.5) is 5.13 Å². The number of hydrogen-bond acceptors (Lipinski definition) is 9. The molecular weight excluding hydrogens is 358 g/mol. The fraction of sp³-hybridized carbons (Fsp3) is 0.333. The Bertz CT molecular complexity index is 729. The van der Waals surface area contributed by atoms with Crippen molar-refractivity contribution in [1.29, 1.82) is 0 Å². The first-order valence-electron chi connectivity index (χ1n) is 6.60. The first-order chi connectivity index (χ1) is 11.4. The number of oxime groups is 1. The van der Waals surface area contributed by atoms with Gasteiger partial charge in [-0.2, -0.15) is 0 Å². The van der Waals surface area contributed by atoms with Crippen LogP contribution < -0.4 is 16.4 Å². The number of carbonyl (C=O) groups is 2. The molecule has 0 radical (unpaired) electrons. The van der Waals surface area contributed by atoms with E-state index in [9.17, 15) is 13.8 Å². The van der Waals surface area contributed by atoms with Crippen LogP contribution in [0.25, 0.3) is 0 Å². The molecule has 0 aliphatic carbocycles. The highest BCUT2D eigenvalue weighted by Gasteiger charge is 2.26. The Labute approximate surface area is 143 Å². The predicted molar refractivity (Wildman–Crippen MR) is 88.7 cm³/mol. The summed E-state index contributed by atoms with van der Waals surface area (Å²) in [5, 5.41) is 18.8. The van der Waals surface area contributed by atoms with Crippen molar-refractivity contribution in [3.8, 4) is 0 Å². The summed E-state index contributed by atoms with van der Waals surface area (Å²) in [7, 11) is -0.0768. The minimum Gasteiger partial charge on any atom is -0.477 e. The normalized spacial score (nSPS) is 20.7. The average molecular weight is 373 g/mol. The third-order valence-corrected chi connectivity index (χ3v) is 5.01. The van der Waals surface area contributed by atoms with Gasteiger partial charge in [-0.05, 0) is 6.08 Å². The number of aromatic nitrogens is 1. The molecule has 2 heterocycles. The van der Waals surface area contributed by atoms with Gasteiger partial charge >= 0.3 is 5.97 Å². The summed E-state index contributed by atoms with van der Waals surface area (Å²) >= 11 is 1.14. The van der Waals surface area contributed by atoms with Crippen molar-refractivity contribution in [3.05, 3.63) is 22.8 Å². The summed E-state index contributed by atoms with van der Waals surface area (Å²) in [5.41, 5.74) is 5.65. The topological polar surface area (TPSA) is 156 Å². The Morgan fingerprint density at radius 2 is 2.42 bits per heavy atom. The number of nitrogen functional groups attached to an aromatic ring is 1. The number of carboxylic acid groups (broad SMARTS) is 1. The molecule has 130 valence electrons. The smallest absolute Gasteiger partial charge is 0.351 e. The van der Waals surface area contributed by atoms with Crippen LogP contribution in [0, 0.1) is 0 Å². The zero-order valence-corrected chi connectivity index (χ0v) is 14.1. The van der Waals surface area contributed by atoms with Crippen LogP contribution in [0.2, 0.25) is 0 Å². The highest BCUT2D eigenvalue weighted by molar-refractivity contribution is 7.85. The molecule has 0 fully saturated rings. The summed E-state index contributed by atoms with van der Waals surface area (Å²) in [6, 6.07) is 0. The van der Waals surface area contributed by atoms with Gasteiger partial charge in [-0.3, -0.25) is 9.00 Å². The molecule has 1 aromatic rings. The standard InChI is InChI=1S/C12H15N5O5S2/c1-22-17-9(7-5-23-12(13)16-7)10(18)14-4-8-15-6(11(19)20)2-3-24(8)21/h2,5,8,15H,3-4H2,1H3,(H2,13,16)(H,14,18)(H,19,20)/b17-9-/t8-,24?/m0/s1. The van der Waals surface area contributed by atoms with Crippen molar-refractivity contribution in [2.45, 2.75) is 5.37 Å². The molecular formula is C12H15N5O5S2. The van der Waals surface area contributed by atoms with Gasteiger partial charge in [0.25, 0.3) is 5.91 Å². The Balaban J connectivity index is 2.03. The number of nitrogens with zero attached hydrogens (tertiary/aromatic N) is 2. The molecule has 0 saturated carbocycles. The van der Waals surface area contributed by atoms with Crippen molar-refractivity contribution < 1.29 is 23.7 Å². The molecule has 1 aromatic heterocycles. The number of rotatable bonds is 6. The second-order valence-corrected chi connectivity index (χ2v) is 7.06. The van der Waals surface area contributed by atoms with E-state index in [1.165, 1.54) is 13.2 Å². The van der Waals surface area contributed by atoms with Gasteiger partial charge in [-0.1, -0.05) is 5.16 Å². The lowest BCUT2D eigenvalue weighted by atomic mass is 10.3. The average Bonchev–Trinajstić information content (AvgIpc) is 2.97. The number of carboxylic acids is 1. The van der Waals surface area contributed by atoms with Crippen LogP contribution >= 0.6 is 11.3 Å². The first-order valence-corrected chi connectivity index (χ1v) is 8.86. The molecule has 2 atom stereocenters. The molecule has 1 unspecified atom stereocenters. The number of carbonyl (C=O) groups excluding carboxylic acids is 1. The summed E-state index contributed by atoms with van der Waals surface area (Å²) in [6.07, 6.45) is 1.34. The van der Waals surface area contributed by atoms with Gasteiger partial charge in [-0.25, -0.2) is 9.78 Å². The maximum absolute atomic E-state index is 12.3. The monoisotopic (exact) mass is 373 g/mol. The van der Waals surface area contributed by atoms with E-state index in [0.717, 1.165) is 11.3 Å². The summed E-state index contributed by atoms with van der Waals surface area (Å²) in [6.45, 7) is -0.0571. The number of nitrogens with two attached hydrogens (primary N) is 1. The van der Waals surface area contributed by atoms with E-state index in [4.69, 9.17) is 10.8 Å². The molecule has 0 bridgehead atoms. The van der Waals surface area contributed by atoms with E-state index in [1.807, 2.05) is 0 Å². The van der Waals surface area contributed by atoms with Gasteiger partial charge in [-0.15, -0.1) is 11.3 Å². The Morgan fingerprint density at radius 1 is 1.67 bits per heavy atom. The van der Waals surface area contributed by atoms with E-state index in [1.54, 1.807) is 5.38 Å². The summed E-state index contributed by atoms with van der Waals surface area (Å²) < 4.78 is 11.9. The van der Waals surface area contributed by atoms with E-state index in [2.05, 4.69) is 25.6 Å². The van der Waals surface area contributed by atoms with Crippen LogP contribution in [-0.2, 0) is 25.2 Å². The van der Waals surface area contributed by atoms with Crippen LogP contribution in [0.5, 0.6) is 0 Å². The highest BCUT2D eigenvalue weighted by Crippen LogP contribution is 2.12. The lowest BCUT2D eigenvalue weighted by molar-refractivity contribution is -0.133. The van der Waals surface area contributed by atoms with E-state index in [-0.39, 0.29) is 34.5 Å². The van der Waals surface area contributed by atoms with Crippen LogP contribution in [0.15, 0.2) is 22.3 Å². The van der Waals surface area contributed by atoms with Gasteiger partial charge in [0.2, 0.25) is 0 Å². The second kappa shape index (κ2) is 7.88. The lowest BCUT2D eigenvalue weighted by Gasteiger charge is -2.23. The number of hydrogen-bond donors (Lipinski definition) is 4. The van der Waals surface area contributed by atoms with Crippen LogP contribution in [0.1, 0.15) is 5.69 Å². The van der Waals surface area contributed by atoms with Crippen LogP contribution in [-0.4, -0.2) is 56.7 Å². The SMILES string of the molecule is CO/N=C(\C(=O)NC[C@H]1NC(C(=O)O)=CCS1=O)c1csc(N)n1. The third kappa shape index (κ3) is 4.29. The van der Waals surface area contributed by atoms with Gasteiger partial charge in [0, 0.05) is 21.9 Å². The number of anilines is 1. The molecule has 2 rings (SSSR count). The van der Waals surface area contributed by atoms with E-state index in [0.29, 0.717) is 0 Å². The number of aliphatic carboxylic acids is 1. The van der Waals surface area contributed by atoms with Crippen molar-refractivity contribution in [1.82, 2.24) is 15.6 Å². The van der Waals surface area contributed by atoms with Gasteiger partial charge in [0.15, 0.2) is 10.8 Å². The zero-order valence-electron chi connectivity index (χ0n) is 12.5. The molecule has 1 amide bonds. The minimum absolute atomic E-state index is 0.0492. The molecule has 0 saturated heterocycles. The van der Waals surface area contributed by atoms with Crippen molar-refractivity contribution >= 4 is 44.9 Å². The number of amides is 1. The van der Waals surface area contributed by atoms with Crippen molar-refractivity contribution in [3.63, 3.8) is 0 Å². The Morgan fingerprint density at radius 3 is 3.00 bits per heavy atom. The molecule has 5 N–H and O–H groups in total. The first kappa shape index (κ1) is 17.9. The maximum atomic E-state index is 12.3. The van der Waals surface area contributed by atoms with Crippen molar-refractivity contribution in [2.75, 3.05) is 25.1 Å². The highest BCUT2D eigenvalue weighted by atomic mass is 32.2. The van der Waals surface area contributed by atoms with Gasteiger partial charge in [0.1, 0.15) is 23.9 Å². The summed E-state index contributed by atoms with van der Waals surface area (Å²) in [5.74, 6) is -1.66. The molecule has 12 heteroatoms. The van der Waals surface area contributed by atoms with Crippen LogP contribution in [0.3, 0.4) is 0 Å². The van der Waals surface area contributed by atoms with E-state index < -0.39 is 28.0 Å². The lowest BCUT2D eigenvalue weighted by Crippen LogP contribution is -2.48. The molecule has 0 aromatic carbocycles. The molecule has 0 spiro atoms. The Kier molecular flexibility index (Phi) is 5.87. The van der Waals surface area contributed by atoms with Gasteiger partial charge in [0.05, 0.1) is 6.54 Å². The van der Waals surface area contributed by atoms with Crippen molar-refractivity contribution in [2.24, 2.45) is 5.16 Å². The second-order valence-electron chi connectivity index (χ2n) is 4.51. The molecule has 24 heavy (non-hydrogen) atoms. The fourth-order valence-electron chi connectivity index (χ4n) is 1.83. The molecule has 1 aliphatic heterocycles.